The van der Waals surface area contributed by atoms with Crippen molar-refractivity contribution in [2.75, 3.05) is 0 Å². The summed E-state index contributed by atoms with van der Waals surface area (Å²) in [5.74, 6) is 0.509. The van der Waals surface area contributed by atoms with Crippen molar-refractivity contribution in [3.63, 3.8) is 0 Å². The van der Waals surface area contributed by atoms with E-state index in [0.717, 1.165) is 11.0 Å². The second-order valence-corrected chi connectivity index (χ2v) is 5.47. The van der Waals surface area contributed by atoms with E-state index in [9.17, 15) is 0 Å². The van der Waals surface area contributed by atoms with E-state index in [1.165, 1.54) is 16.1 Å². The second kappa shape index (κ2) is 5.11. The molecule has 1 heterocycles. The van der Waals surface area contributed by atoms with E-state index in [-0.39, 0.29) is 0 Å². The first-order valence-corrected chi connectivity index (χ1v) is 7.32. The Morgan fingerprint density at radius 2 is 2.06 bits per heavy atom. The summed E-state index contributed by atoms with van der Waals surface area (Å²) in [7, 11) is 0. The molecule has 3 heteroatoms. The lowest BCUT2D eigenvalue weighted by atomic mass is 10.1. The molecule has 84 valence electrons. The summed E-state index contributed by atoms with van der Waals surface area (Å²) in [6.45, 7) is 4.36. The van der Waals surface area contributed by atoms with Crippen LogP contribution in [0.15, 0.2) is 29.6 Å². The lowest BCUT2D eigenvalue weighted by molar-refractivity contribution is 0.853. The Bertz CT molecular complexity index is 476. The first-order chi connectivity index (χ1) is 7.72. The van der Waals surface area contributed by atoms with E-state index >= 15 is 0 Å². The molecule has 0 aliphatic rings. The van der Waals surface area contributed by atoms with Crippen LogP contribution in [0.3, 0.4) is 0 Å². The smallest absolute Gasteiger partial charge is 0.0958 e. The fraction of sp³-hybridized carbons (Fsp3) is 0.308. The Morgan fingerprint density at radius 3 is 2.69 bits per heavy atom. The van der Waals surface area contributed by atoms with Gasteiger partial charge in [0.05, 0.1) is 10.7 Å². The average Bonchev–Trinajstić information content (AvgIpc) is 2.78. The van der Waals surface area contributed by atoms with Gasteiger partial charge in [0.2, 0.25) is 0 Å². The zero-order valence-corrected chi connectivity index (χ0v) is 11.8. The number of hydrogen-bond acceptors (Lipinski definition) is 2. The molecule has 0 saturated heterocycles. The molecule has 0 radical (unpaired) electrons. The molecule has 0 atom stereocenters. The van der Waals surface area contributed by atoms with Gasteiger partial charge in [-0.15, -0.1) is 11.3 Å². The number of aromatic nitrogens is 1. The van der Waals surface area contributed by atoms with E-state index in [4.69, 9.17) is 0 Å². The molecule has 0 fully saturated rings. The summed E-state index contributed by atoms with van der Waals surface area (Å²) in [6.07, 6.45) is 0. The summed E-state index contributed by atoms with van der Waals surface area (Å²) >= 11 is 5.26. The Hall–Kier alpha value is -0.670. The number of rotatable bonds is 3. The molecule has 0 amide bonds. The normalized spacial score (nSPS) is 11.0. The van der Waals surface area contributed by atoms with Crippen LogP contribution in [0.4, 0.5) is 0 Å². The van der Waals surface area contributed by atoms with Gasteiger partial charge in [-0.1, -0.05) is 54.0 Å². The number of benzene rings is 1. The summed E-state index contributed by atoms with van der Waals surface area (Å²) in [6, 6.07) is 8.40. The van der Waals surface area contributed by atoms with Crippen LogP contribution in [0.5, 0.6) is 0 Å². The van der Waals surface area contributed by atoms with Gasteiger partial charge in [0, 0.05) is 22.2 Å². The van der Waals surface area contributed by atoms with Gasteiger partial charge in [-0.2, -0.15) is 0 Å². The zero-order valence-electron chi connectivity index (χ0n) is 9.40. The first kappa shape index (κ1) is 11.8. The molecule has 16 heavy (non-hydrogen) atoms. The van der Waals surface area contributed by atoms with Gasteiger partial charge in [0.15, 0.2) is 0 Å². The molecule has 0 unspecified atom stereocenters. The highest BCUT2D eigenvalue weighted by Crippen LogP contribution is 2.29. The molecule has 1 aromatic carbocycles. The Labute approximate surface area is 109 Å². The molecule has 2 rings (SSSR count). The third-order valence-corrected chi connectivity index (χ3v) is 4.20. The quantitative estimate of drug-likeness (QED) is 0.739. The van der Waals surface area contributed by atoms with Gasteiger partial charge < -0.3 is 0 Å². The summed E-state index contributed by atoms with van der Waals surface area (Å²) in [4.78, 5) is 4.69. The van der Waals surface area contributed by atoms with E-state index in [2.05, 4.69) is 64.4 Å². The molecule has 0 bridgehead atoms. The van der Waals surface area contributed by atoms with E-state index in [1.54, 1.807) is 11.3 Å². The Morgan fingerprint density at radius 1 is 1.31 bits per heavy atom. The van der Waals surface area contributed by atoms with Crippen molar-refractivity contribution in [3.05, 3.63) is 40.2 Å². The molecule has 0 aliphatic carbocycles. The maximum absolute atomic E-state index is 4.69. The van der Waals surface area contributed by atoms with Gasteiger partial charge in [-0.05, 0) is 5.56 Å². The minimum Gasteiger partial charge on any atom is -0.241 e. The molecular formula is C13H14BrNS. The van der Waals surface area contributed by atoms with Crippen LogP contribution in [0.1, 0.15) is 30.3 Å². The highest BCUT2D eigenvalue weighted by Gasteiger charge is 2.09. The van der Waals surface area contributed by atoms with Crippen LogP contribution in [-0.4, -0.2) is 4.98 Å². The van der Waals surface area contributed by atoms with Crippen molar-refractivity contribution in [2.45, 2.75) is 25.1 Å². The Balaban J connectivity index is 2.42. The van der Waals surface area contributed by atoms with Crippen molar-refractivity contribution < 1.29 is 0 Å². The van der Waals surface area contributed by atoms with Gasteiger partial charge in [-0.3, -0.25) is 0 Å². The molecule has 1 nitrogen and oxygen atoms in total. The maximum Gasteiger partial charge on any atom is 0.0958 e. The predicted molar refractivity (Wildman–Crippen MR) is 74.3 cm³/mol. The van der Waals surface area contributed by atoms with Crippen LogP contribution >= 0.6 is 27.3 Å². The van der Waals surface area contributed by atoms with Crippen LogP contribution < -0.4 is 0 Å². The van der Waals surface area contributed by atoms with Crippen LogP contribution in [0.25, 0.3) is 11.3 Å². The van der Waals surface area contributed by atoms with Crippen molar-refractivity contribution >= 4 is 27.3 Å². The van der Waals surface area contributed by atoms with Crippen molar-refractivity contribution in [2.24, 2.45) is 0 Å². The summed E-state index contributed by atoms with van der Waals surface area (Å²) in [5.41, 5.74) is 3.63. The lowest BCUT2D eigenvalue weighted by Crippen LogP contribution is -1.88. The van der Waals surface area contributed by atoms with Gasteiger partial charge in [-0.25, -0.2) is 4.98 Å². The molecule has 0 N–H and O–H groups in total. The number of alkyl halides is 1. The molecule has 0 saturated carbocycles. The first-order valence-electron chi connectivity index (χ1n) is 5.32. The van der Waals surface area contributed by atoms with Gasteiger partial charge in [0.1, 0.15) is 0 Å². The van der Waals surface area contributed by atoms with Crippen molar-refractivity contribution in [1.82, 2.24) is 4.98 Å². The van der Waals surface area contributed by atoms with Gasteiger partial charge >= 0.3 is 0 Å². The average molecular weight is 296 g/mol. The van der Waals surface area contributed by atoms with Crippen LogP contribution in [-0.2, 0) is 5.33 Å². The number of halogens is 1. The number of hydrogen-bond donors (Lipinski definition) is 0. The topological polar surface area (TPSA) is 12.9 Å². The monoisotopic (exact) mass is 295 g/mol. The third-order valence-electron chi connectivity index (χ3n) is 2.45. The second-order valence-electron chi connectivity index (χ2n) is 4.02. The molecule has 0 spiro atoms. The van der Waals surface area contributed by atoms with Crippen molar-refractivity contribution in [3.8, 4) is 11.3 Å². The molecule has 0 aliphatic heterocycles. The maximum atomic E-state index is 4.69. The molecule has 2 aromatic rings. The minimum atomic E-state index is 0.509. The zero-order chi connectivity index (χ0) is 11.5. The molecular weight excluding hydrogens is 282 g/mol. The largest absolute Gasteiger partial charge is 0.241 e. The highest BCUT2D eigenvalue weighted by atomic mass is 79.9. The highest BCUT2D eigenvalue weighted by molar-refractivity contribution is 9.08. The SMILES string of the molecule is CC(C)c1nc(-c2ccccc2CBr)cs1. The number of thiazole rings is 1. The third kappa shape index (κ3) is 2.36. The summed E-state index contributed by atoms with van der Waals surface area (Å²) in [5, 5.41) is 4.23. The van der Waals surface area contributed by atoms with Crippen LogP contribution in [0.2, 0.25) is 0 Å². The standard InChI is InChI=1S/C13H14BrNS/c1-9(2)13-15-12(8-16-13)11-6-4-3-5-10(11)7-14/h3-6,8-9H,7H2,1-2H3. The molecule has 1 aromatic heterocycles. The fourth-order valence-corrected chi connectivity index (χ4v) is 2.89. The lowest BCUT2D eigenvalue weighted by Gasteiger charge is -2.03. The van der Waals surface area contributed by atoms with E-state index in [0.29, 0.717) is 5.92 Å². The predicted octanol–water partition coefficient (Wildman–Crippen LogP) is 4.83. The van der Waals surface area contributed by atoms with E-state index in [1.807, 2.05) is 0 Å². The minimum absolute atomic E-state index is 0.509. The Kier molecular flexibility index (Phi) is 3.77. The van der Waals surface area contributed by atoms with E-state index < -0.39 is 0 Å². The van der Waals surface area contributed by atoms with Gasteiger partial charge in [0.25, 0.3) is 0 Å². The summed E-state index contributed by atoms with van der Waals surface area (Å²) < 4.78 is 0. The van der Waals surface area contributed by atoms with Crippen LogP contribution in [0, 0.1) is 0 Å². The van der Waals surface area contributed by atoms with Crippen molar-refractivity contribution in [1.29, 1.82) is 0 Å². The fourth-order valence-electron chi connectivity index (χ4n) is 1.56. The number of nitrogens with zero attached hydrogens (tertiary/aromatic N) is 1.